The second-order valence-corrected chi connectivity index (χ2v) is 6.39. The lowest BCUT2D eigenvalue weighted by atomic mass is 10.1. The molecule has 0 radical (unpaired) electrons. The molecule has 0 spiro atoms. The van der Waals surface area contributed by atoms with Crippen LogP contribution in [0.1, 0.15) is 37.8 Å². The van der Waals surface area contributed by atoms with Gasteiger partial charge in [0.1, 0.15) is 10.7 Å². The van der Waals surface area contributed by atoms with Crippen molar-refractivity contribution in [2.24, 2.45) is 11.7 Å². The SMILES string of the molecule is COc1cc(CN(CC(C)C)C2CC2)ccc1C(N)=S. The van der Waals surface area contributed by atoms with Gasteiger partial charge < -0.3 is 10.5 Å². The first-order valence-electron chi connectivity index (χ1n) is 7.22. The molecule has 2 rings (SSSR count). The third-order valence-corrected chi connectivity index (χ3v) is 3.80. The molecule has 0 saturated heterocycles. The minimum atomic E-state index is 0.384. The van der Waals surface area contributed by atoms with Crippen molar-refractivity contribution in [2.45, 2.75) is 39.3 Å². The number of hydrogen-bond donors (Lipinski definition) is 1. The van der Waals surface area contributed by atoms with Crippen LogP contribution in [0.15, 0.2) is 18.2 Å². The second kappa shape index (κ2) is 6.55. The predicted octanol–water partition coefficient (Wildman–Crippen LogP) is 2.95. The van der Waals surface area contributed by atoms with E-state index in [0.29, 0.717) is 10.9 Å². The fourth-order valence-corrected chi connectivity index (χ4v) is 2.69. The fraction of sp³-hybridized carbons (Fsp3) is 0.562. The maximum Gasteiger partial charge on any atom is 0.129 e. The Morgan fingerprint density at radius 2 is 2.15 bits per heavy atom. The molecule has 0 amide bonds. The number of thiocarbonyl (C=S) groups is 1. The smallest absolute Gasteiger partial charge is 0.129 e. The van der Waals surface area contributed by atoms with Gasteiger partial charge in [-0.15, -0.1) is 0 Å². The van der Waals surface area contributed by atoms with Crippen molar-refractivity contribution < 1.29 is 4.74 Å². The quantitative estimate of drug-likeness (QED) is 0.784. The van der Waals surface area contributed by atoms with Crippen LogP contribution in [0.25, 0.3) is 0 Å². The van der Waals surface area contributed by atoms with Crippen LogP contribution in [0.3, 0.4) is 0 Å². The Balaban J connectivity index is 2.13. The van der Waals surface area contributed by atoms with E-state index in [1.165, 1.54) is 18.4 Å². The van der Waals surface area contributed by atoms with Gasteiger partial charge >= 0.3 is 0 Å². The van der Waals surface area contributed by atoms with Gasteiger partial charge in [-0.1, -0.05) is 32.1 Å². The van der Waals surface area contributed by atoms with Crippen molar-refractivity contribution in [3.8, 4) is 5.75 Å². The first kappa shape index (κ1) is 15.3. The second-order valence-electron chi connectivity index (χ2n) is 5.95. The summed E-state index contributed by atoms with van der Waals surface area (Å²) in [6, 6.07) is 6.90. The van der Waals surface area contributed by atoms with Gasteiger partial charge in [0.15, 0.2) is 0 Å². The molecule has 1 aromatic rings. The normalized spacial score (nSPS) is 14.8. The van der Waals surface area contributed by atoms with Crippen molar-refractivity contribution >= 4 is 17.2 Å². The number of nitrogens with zero attached hydrogens (tertiary/aromatic N) is 1. The van der Waals surface area contributed by atoms with Crippen LogP contribution in [0.2, 0.25) is 0 Å². The molecule has 1 aliphatic carbocycles. The number of nitrogens with two attached hydrogens (primary N) is 1. The maximum atomic E-state index is 5.71. The topological polar surface area (TPSA) is 38.5 Å². The average Bonchev–Trinajstić information content (AvgIpc) is 3.21. The van der Waals surface area contributed by atoms with Gasteiger partial charge in [-0.25, -0.2) is 0 Å². The molecule has 0 bridgehead atoms. The molecule has 3 nitrogen and oxygen atoms in total. The lowest BCUT2D eigenvalue weighted by molar-refractivity contribution is 0.226. The Morgan fingerprint density at radius 1 is 1.45 bits per heavy atom. The molecule has 0 heterocycles. The number of ether oxygens (including phenoxy) is 1. The van der Waals surface area contributed by atoms with Crippen LogP contribution in [0.5, 0.6) is 5.75 Å². The molecular formula is C16H24N2OS. The molecule has 1 aliphatic rings. The standard InChI is InChI=1S/C16H24N2OS/c1-11(2)9-18(13-5-6-13)10-12-4-7-14(16(17)20)15(8-12)19-3/h4,7-8,11,13H,5-6,9-10H2,1-3H3,(H2,17,20). The van der Waals surface area contributed by atoms with E-state index < -0.39 is 0 Å². The molecular weight excluding hydrogens is 268 g/mol. The van der Waals surface area contributed by atoms with Crippen LogP contribution in [-0.4, -0.2) is 29.6 Å². The highest BCUT2D eigenvalue weighted by Gasteiger charge is 2.29. The molecule has 0 aromatic heterocycles. The molecule has 1 fully saturated rings. The molecule has 0 unspecified atom stereocenters. The molecule has 20 heavy (non-hydrogen) atoms. The van der Waals surface area contributed by atoms with Crippen molar-refractivity contribution in [3.63, 3.8) is 0 Å². The van der Waals surface area contributed by atoms with E-state index in [9.17, 15) is 0 Å². The van der Waals surface area contributed by atoms with Gasteiger partial charge in [0, 0.05) is 19.1 Å². The monoisotopic (exact) mass is 292 g/mol. The maximum absolute atomic E-state index is 5.71. The van der Waals surface area contributed by atoms with E-state index >= 15 is 0 Å². The zero-order chi connectivity index (χ0) is 14.7. The molecule has 0 atom stereocenters. The summed E-state index contributed by atoms with van der Waals surface area (Å²) in [6.07, 6.45) is 2.66. The molecule has 110 valence electrons. The Morgan fingerprint density at radius 3 is 2.65 bits per heavy atom. The summed E-state index contributed by atoms with van der Waals surface area (Å²) in [4.78, 5) is 2.95. The molecule has 2 N–H and O–H groups in total. The Bertz CT molecular complexity index is 483. The van der Waals surface area contributed by atoms with Gasteiger partial charge in [-0.05, 0) is 36.5 Å². The van der Waals surface area contributed by atoms with Crippen LogP contribution in [-0.2, 0) is 6.54 Å². The Kier molecular flexibility index (Phi) is 5.00. The number of hydrogen-bond acceptors (Lipinski definition) is 3. The van der Waals surface area contributed by atoms with E-state index in [0.717, 1.165) is 30.4 Å². The van der Waals surface area contributed by atoms with Crippen LogP contribution in [0, 0.1) is 5.92 Å². The summed E-state index contributed by atoms with van der Waals surface area (Å²) in [5.74, 6) is 1.46. The predicted molar refractivity (Wildman–Crippen MR) is 87.2 cm³/mol. The van der Waals surface area contributed by atoms with Gasteiger partial charge in [-0.3, -0.25) is 4.90 Å². The van der Waals surface area contributed by atoms with E-state index in [1.807, 2.05) is 6.07 Å². The van der Waals surface area contributed by atoms with Crippen LogP contribution < -0.4 is 10.5 Å². The third-order valence-electron chi connectivity index (χ3n) is 3.58. The molecule has 1 aromatic carbocycles. The summed E-state index contributed by atoms with van der Waals surface area (Å²) < 4.78 is 5.40. The van der Waals surface area contributed by atoms with Gasteiger partial charge in [-0.2, -0.15) is 0 Å². The van der Waals surface area contributed by atoms with Crippen molar-refractivity contribution in [2.75, 3.05) is 13.7 Å². The summed E-state index contributed by atoms with van der Waals surface area (Å²) in [5.41, 5.74) is 7.78. The highest BCUT2D eigenvalue weighted by atomic mass is 32.1. The largest absolute Gasteiger partial charge is 0.496 e. The van der Waals surface area contributed by atoms with Crippen molar-refractivity contribution in [1.82, 2.24) is 4.90 Å². The van der Waals surface area contributed by atoms with Crippen molar-refractivity contribution in [3.05, 3.63) is 29.3 Å². The zero-order valence-electron chi connectivity index (χ0n) is 12.6. The molecule has 0 aliphatic heterocycles. The number of rotatable bonds is 7. The van der Waals surface area contributed by atoms with Gasteiger partial charge in [0.25, 0.3) is 0 Å². The first-order chi connectivity index (χ1) is 9.51. The lowest BCUT2D eigenvalue weighted by Crippen LogP contribution is -2.29. The van der Waals surface area contributed by atoms with E-state index in [4.69, 9.17) is 22.7 Å². The summed E-state index contributed by atoms with van der Waals surface area (Å²) in [5, 5.41) is 0. The number of benzene rings is 1. The minimum Gasteiger partial charge on any atom is -0.496 e. The third kappa shape index (κ3) is 3.93. The zero-order valence-corrected chi connectivity index (χ0v) is 13.4. The Hall–Kier alpha value is -1.13. The Labute approximate surface area is 127 Å². The number of methoxy groups -OCH3 is 1. The summed E-state index contributed by atoms with van der Waals surface area (Å²) in [7, 11) is 1.66. The fourth-order valence-electron chi connectivity index (χ4n) is 2.52. The van der Waals surface area contributed by atoms with Crippen LogP contribution >= 0.6 is 12.2 Å². The first-order valence-corrected chi connectivity index (χ1v) is 7.63. The van der Waals surface area contributed by atoms with E-state index in [1.54, 1.807) is 7.11 Å². The summed E-state index contributed by atoms with van der Waals surface area (Å²) in [6.45, 7) is 6.65. The lowest BCUT2D eigenvalue weighted by Gasteiger charge is -2.24. The van der Waals surface area contributed by atoms with E-state index in [-0.39, 0.29) is 0 Å². The van der Waals surface area contributed by atoms with Crippen LogP contribution in [0.4, 0.5) is 0 Å². The molecule has 1 saturated carbocycles. The van der Waals surface area contributed by atoms with Gasteiger partial charge in [0.2, 0.25) is 0 Å². The molecule has 4 heteroatoms. The van der Waals surface area contributed by atoms with E-state index in [2.05, 4.69) is 30.9 Å². The highest BCUT2D eigenvalue weighted by Crippen LogP contribution is 2.30. The van der Waals surface area contributed by atoms with Gasteiger partial charge in [0.05, 0.1) is 12.7 Å². The minimum absolute atomic E-state index is 0.384. The highest BCUT2D eigenvalue weighted by molar-refractivity contribution is 7.80. The summed E-state index contributed by atoms with van der Waals surface area (Å²) >= 11 is 5.04. The van der Waals surface area contributed by atoms with Crippen molar-refractivity contribution in [1.29, 1.82) is 0 Å². The average molecular weight is 292 g/mol.